The van der Waals surface area contributed by atoms with Crippen molar-refractivity contribution >= 4 is 27.5 Å². The second-order valence-electron chi connectivity index (χ2n) is 4.69. The fraction of sp³-hybridized carbons (Fsp3) is 0.286. The van der Waals surface area contributed by atoms with Crippen molar-refractivity contribution in [1.29, 1.82) is 0 Å². The summed E-state index contributed by atoms with van der Waals surface area (Å²) in [5.74, 6) is -0.140. The Hall–Kier alpha value is -1.62. The van der Waals surface area contributed by atoms with Gasteiger partial charge in [-0.2, -0.15) is 5.10 Å². The third kappa shape index (κ3) is 3.04. The molecule has 1 heterocycles. The minimum atomic E-state index is -0.140. The van der Waals surface area contributed by atoms with E-state index in [-0.39, 0.29) is 11.9 Å². The summed E-state index contributed by atoms with van der Waals surface area (Å²) in [7, 11) is 0. The standard InChI is InChI=1S/C14H16BrN3O/c1-9(2)18-8-11(7-16-18)17-14(19)12-6-4-5-10(3)13(12)15/h4-9H,1-3H3,(H,17,19). The average molecular weight is 322 g/mol. The number of aromatic nitrogens is 2. The zero-order chi connectivity index (χ0) is 14.0. The number of benzene rings is 1. The topological polar surface area (TPSA) is 46.9 Å². The number of carbonyl (C=O) groups is 1. The molecule has 0 spiro atoms. The van der Waals surface area contributed by atoms with Crippen molar-refractivity contribution in [2.24, 2.45) is 0 Å². The van der Waals surface area contributed by atoms with Crippen LogP contribution in [0.1, 0.15) is 35.8 Å². The fourth-order valence-corrected chi connectivity index (χ4v) is 2.15. The van der Waals surface area contributed by atoms with Crippen LogP contribution in [0.2, 0.25) is 0 Å². The first-order valence-corrected chi connectivity index (χ1v) is 6.89. The lowest BCUT2D eigenvalue weighted by molar-refractivity contribution is 0.102. The zero-order valence-electron chi connectivity index (χ0n) is 11.1. The Balaban J connectivity index is 2.18. The Kier molecular flexibility index (Phi) is 4.04. The average Bonchev–Trinajstić information content (AvgIpc) is 2.81. The second kappa shape index (κ2) is 5.57. The number of nitrogens with one attached hydrogen (secondary N) is 1. The summed E-state index contributed by atoms with van der Waals surface area (Å²) in [5, 5.41) is 7.04. The lowest BCUT2D eigenvalue weighted by atomic mass is 10.1. The molecule has 2 aromatic rings. The van der Waals surface area contributed by atoms with Gasteiger partial charge < -0.3 is 5.32 Å². The highest BCUT2D eigenvalue weighted by atomic mass is 79.9. The molecule has 4 nitrogen and oxygen atoms in total. The minimum Gasteiger partial charge on any atom is -0.319 e. The van der Waals surface area contributed by atoms with Crippen molar-refractivity contribution in [2.75, 3.05) is 5.32 Å². The summed E-state index contributed by atoms with van der Waals surface area (Å²) in [6.45, 7) is 6.03. The van der Waals surface area contributed by atoms with E-state index in [1.54, 1.807) is 16.9 Å². The Morgan fingerprint density at radius 3 is 2.79 bits per heavy atom. The monoisotopic (exact) mass is 321 g/mol. The maximum absolute atomic E-state index is 12.2. The van der Waals surface area contributed by atoms with Crippen molar-refractivity contribution in [3.63, 3.8) is 0 Å². The van der Waals surface area contributed by atoms with E-state index in [0.29, 0.717) is 11.3 Å². The SMILES string of the molecule is Cc1cccc(C(=O)Nc2cnn(C(C)C)c2)c1Br. The maximum atomic E-state index is 12.2. The number of anilines is 1. The van der Waals surface area contributed by atoms with Crippen LogP contribution < -0.4 is 5.32 Å². The van der Waals surface area contributed by atoms with E-state index < -0.39 is 0 Å². The summed E-state index contributed by atoms with van der Waals surface area (Å²) < 4.78 is 2.63. The van der Waals surface area contributed by atoms with E-state index >= 15 is 0 Å². The number of nitrogens with zero attached hydrogens (tertiary/aromatic N) is 2. The second-order valence-corrected chi connectivity index (χ2v) is 5.49. The molecule has 2 rings (SSSR count). The van der Waals surface area contributed by atoms with E-state index in [9.17, 15) is 4.79 Å². The summed E-state index contributed by atoms with van der Waals surface area (Å²) >= 11 is 3.44. The van der Waals surface area contributed by atoms with Gasteiger partial charge >= 0.3 is 0 Å². The minimum absolute atomic E-state index is 0.140. The number of aryl methyl sites for hydroxylation is 1. The first-order valence-electron chi connectivity index (χ1n) is 6.09. The van der Waals surface area contributed by atoms with Gasteiger partial charge in [0.25, 0.3) is 5.91 Å². The summed E-state index contributed by atoms with van der Waals surface area (Å²) in [6.07, 6.45) is 3.48. The van der Waals surface area contributed by atoms with Crippen LogP contribution >= 0.6 is 15.9 Å². The molecule has 0 bridgehead atoms. The smallest absolute Gasteiger partial charge is 0.256 e. The molecule has 100 valence electrons. The van der Waals surface area contributed by atoms with Gasteiger partial charge in [-0.1, -0.05) is 12.1 Å². The van der Waals surface area contributed by atoms with Crippen molar-refractivity contribution in [3.8, 4) is 0 Å². The molecule has 5 heteroatoms. The Bertz CT molecular complexity index is 604. The molecule has 0 unspecified atom stereocenters. The van der Waals surface area contributed by atoms with E-state index in [4.69, 9.17) is 0 Å². The number of hydrogen-bond donors (Lipinski definition) is 1. The van der Waals surface area contributed by atoms with Gasteiger partial charge in [0.05, 0.1) is 17.4 Å². The molecular weight excluding hydrogens is 306 g/mol. The van der Waals surface area contributed by atoms with Gasteiger partial charge in [-0.25, -0.2) is 0 Å². The van der Waals surface area contributed by atoms with Crippen molar-refractivity contribution in [1.82, 2.24) is 9.78 Å². The fourth-order valence-electron chi connectivity index (χ4n) is 1.71. The third-order valence-electron chi connectivity index (χ3n) is 2.82. The van der Waals surface area contributed by atoms with Crippen LogP contribution in [0.5, 0.6) is 0 Å². The lowest BCUT2D eigenvalue weighted by Gasteiger charge is -2.07. The Labute approximate surface area is 120 Å². The molecular formula is C14H16BrN3O. The first kappa shape index (κ1) is 13.8. The Morgan fingerprint density at radius 2 is 2.16 bits per heavy atom. The maximum Gasteiger partial charge on any atom is 0.256 e. The van der Waals surface area contributed by atoms with Crippen LogP contribution in [-0.2, 0) is 0 Å². The molecule has 0 aliphatic heterocycles. The van der Waals surface area contributed by atoms with Crippen LogP contribution in [0, 0.1) is 6.92 Å². The molecule has 0 atom stereocenters. The van der Waals surface area contributed by atoms with Gasteiger partial charge in [-0.15, -0.1) is 0 Å². The number of amides is 1. The van der Waals surface area contributed by atoms with Gasteiger partial charge in [-0.3, -0.25) is 9.48 Å². The van der Waals surface area contributed by atoms with Crippen LogP contribution in [0.4, 0.5) is 5.69 Å². The van der Waals surface area contributed by atoms with Crippen molar-refractivity contribution in [2.45, 2.75) is 26.8 Å². The van der Waals surface area contributed by atoms with Crippen LogP contribution in [-0.4, -0.2) is 15.7 Å². The van der Waals surface area contributed by atoms with Crippen LogP contribution in [0.25, 0.3) is 0 Å². The third-order valence-corrected chi connectivity index (χ3v) is 3.88. The molecule has 1 amide bonds. The highest BCUT2D eigenvalue weighted by molar-refractivity contribution is 9.10. The number of carbonyl (C=O) groups excluding carboxylic acids is 1. The van der Waals surface area contributed by atoms with Gasteiger partial charge in [0.1, 0.15) is 0 Å². The molecule has 0 fully saturated rings. The summed E-state index contributed by atoms with van der Waals surface area (Å²) in [5.41, 5.74) is 2.36. The van der Waals surface area contributed by atoms with Crippen LogP contribution in [0.15, 0.2) is 35.1 Å². The normalized spacial score (nSPS) is 10.8. The van der Waals surface area contributed by atoms with Crippen molar-refractivity contribution < 1.29 is 4.79 Å². The van der Waals surface area contributed by atoms with E-state index in [0.717, 1.165) is 10.0 Å². The van der Waals surface area contributed by atoms with Gasteiger partial charge in [0, 0.05) is 16.7 Å². The lowest BCUT2D eigenvalue weighted by Crippen LogP contribution is -2.12. The quantitative estimate of drug-likeness (QED) is 0.934. The molecule has 0 saturated carbocycles. The Morgan fingerprint density at radius 1 is 1.42 bits per heavy atom. The number of rotatable bonds is 3. The molecule has 1 N–H and O–H groups in total. The highest BCUT2D eigenvalue weighted by Crippen LogP contribution is 2.22. The van der Waals surface area contributed by atoms with E-state index in [1.807, 2.05) is 39.1 Å². The van der Waals surface area contributed by atoms with Crippen molar-refractivity contribution in [3.05, 3.63) is 46.2 Å². The van der Waals surface area contributed by atoms with Gasteiger partial charge in [-0.05, 0) is 48.3 Å². The zero-order valence-corrected chi connectivity index (χ0v) is 12.7. The molecule has 19 heavy (non-hydrogen) atoms. The van der Waals surface area contributed by atoms with Gasteiger partial charge in [0.2, 0.25) is 0 Å². The molecule has 0 aliphatic rings. The molecule has 0 aliphatic carbocycles. The summed E-state index contributed by atoms with van der Waals surface area (Å²) in [4.78, 5) is 12.2. The largest absolute Gasteiger partial charge is 0.319 e. The highest BCUT2D eigenvalue weighted by Gasteiger charge is 2.12. The van der Waals surface area contributed by atoms with Crippen LogP contribution in [0.3, 0.4) is 0 Å². The molecule has 0 saturated heterocycles. The molecule has 1 aromatic carbocycles. The van der Waals surface area contributed by atoms with E-state index in [1.165, 1.54) is 0 Å². The van der Waals surface area contributed by atoms with E-state index in [2.05, 4.69) is 26.3 Å². The predicted octanol–water partition coefficient (Wildman–Crippen LogP) is 3.79. The number of halogens is 1. The first-order chi connectivity index (χ1) is 8.99. The number of hydrogen-bond acceptors (Lipinski definition) is 2. The summed E-state index contributed by atoms with van der Waals surface area (Å²) in [6, 6.07) is 5.89. The predicted molar refractivity (Wildman–Crippen MR) is 79.4 cm³/mol. The molecule has 1 aromatic heterocycles. The molecule has 0 radical (unpaired) electrons. The van der Waals surface area contributed by atoms with Gasteiger partial charge in [0.15, 0.2) is 0 Å².